The van der Waals surface area contributed by atoms with Crippen molar-refractivity contribution in [1.82, 2.24) is 9.80 Å². The van der Waals surface area contributed by atoms with Crippen LogP contribution >= 0.6 is 0 Å². The molecule has 2 aromatic rings. The molecule has 2 amide bonds. The Kier molecular flexibility index (Phi) is 33.3. The summed E-state index contributed by atoms with van der Waals surface area (Å²) in [5, 5.41) is 19.1. The molecule has 4 aliphatic rings. The number of rotatable bonds is 24. The zero-order valence-corrected chi connectivity index (χ0v) is 56.8. The number of likely N-dealkylation sites (tertiary alicyclic amines) is 2. The average Bonchev–Trinajstić information content (AvgIpc) is 1.53. The van der Waals surface area contributed by atoms with Crippen molar-refractivity contribution in [1.29, 1.82) is 0 Å². The molecule has 2 fully saturated rings. The van der Waals surface area contributed by atoms with Crippen LogP contribution in [-0.4, -0.2) is 176 Å². The predicted molar refractivity (Wildman–Crippen MR) is 349 cm³/mol. The highest BCUT2D eigenvalue weighted by Crippen LogP contribution is 2.38. The third-order valence-electron chi connectivity index (χ3n) is 15.5. The Hall–Kier alpha value is -6.60. The average molecular weight is 1290 g/mol. The highest BCUT2D eigenvalue weighted by atomic mass is 28.4. The molecule has 0 bridgehead atoms. The number of aliphatic hydroxyl groups excluding tert-OH is 1. The molecule has 6 rings (SSSR count). The van der Waals surface area contributed by atoms with Gasteiger partial charge in [-0.1, -0.05) is 67.5 Å². The first-order valence-corrected chi connectivity index (χ1v) is 35.2. The molecule has 0 radical (unpaired) electrons. The van der Waals surface area contributed by atoms with E-state index in [0.717, 1.165) is 51.6 Å². The lowest BCUT2D eigenvalue weighted by atomic mass is 9.99. The normalized spacial score (nSPS) is 22.0. The molecule has 23 heteroatoms. The van der Waals surface area contributed by atoms with E-state index in [-0.39, 0.29) is 98.8 Å². The van der Waals surface area contributed by atoms with Crippen molar-refractivity contribution < 1.29 is 85.8 Å². The smallest absolute Gasteiger partial charge is 0.342 e. The van der Waals surface area contributed by atoms with Crippen molar-refractivity contribution in [3.05, 3.63) is 95.1 Å². The molecule has 4 aliphatic heterocycles. The molecule has 0 aliphatic carbocycles. The number of fused-ring (bicyclic) bond motifs is 2. The predicted octanol–water partition coefficient (Wildman–Crippen LogP) is 11.4. The fourth-order valence-corrected chi connectivity index (χ4v) is 10.8. The summed E-state index contributed by atoms with van der Waals surface area (Å²) in [7, 11) is -2.10. The van der Waals surface area contributed by atoms with E-state index in [1.165, 1.54) is 0 Å². The molecule has 1 N–H and O–H groups in total. The number of ether oxygens (including phenoxy) is 10. The lowest BCUT2D eigenvalue weighted by Crippen LogP contribution is -2.43. The van der Waals surface area contributed by atoms with E-state index >= 15 is 0 Å². The van der Waals surface area contributed by atoms with Gasteiger partial charge in [0.15, 0.2) is 48.7 Å². The zero-order valence-electron chi connectivity index (χ0n) is 55.8. The van der Waals surface area contributed by atoms with Crippen molar-refractivity contribution in [3.8, 4) is 23.0 Å². The molecule has 0 unspecified atom stereocenters. The highest BCUT2D eigenvalue weighted by molar-refractivity contribution is 6.74. The van der Waals surface area contributed by atoms with Crippen LogP contribution in [0.2, 0.25) is 18.1 Å². The van der Waals surface area contributed by atoms with Crippen LogP contribution in [0.25, 0.3) is 0 Å². The number of carbonyl (C=O) groups excluding carboxylic acids is 4. The maximum Gasteiger partial charge on any atom is 0.342 e. The van der Waals surface area contributed by atoms with Crippen molar-refractivity contribution in [2.75, 3.05) is 93.0 Å². The monoisotopic (exact) mass is 1290 g/mol. The van der Waals surface area contributed by atoms with E-state index in [2.05, 4.69) is 50.3 Å². The van der Waals surface area contributed by atoms with Crippen molar-refractivity contribution in [3.63, 3.8) is 0 Å². The molecule has 4 atom stereocenters. The number of piperidine rings is 2. The topological polar surface area (TPSA) is 240 Å². The molecule has 0 saturated carbocycles. The molecule has 0 spiro atoms. The van der Waals surface area contributed by atoms with Crippen molar-refractivity contribution >= 4 is 43.5 Å². The van der Waals surface area contributed by atoms with E-state index in [1.807, 2.05) is 57.7 Å². The molecular weight excluding hydrogens is 1190 g/mol. The molecule has 2 saturated heterocycles. The first-order chi connectivity index (χ1) is 43.7. The summed E-state index contributed by atoms with van der Waals surface area (Å²) in [6, 6.07) is 6.69. The number of carbonyl (C=O) groups is 4. The maximum absolute atomic E-state index is 13.9. The summed E-state index contributed by atoms with van der Waals surface area (Å²) in [4.78, 5) is 67.7. The van der Waals surface area contributed by atoms with Crippen LogP contribution < -0.4 is 18.9 Å². The number of hydrogen-bond donors (Lipinski definition) is 1. The Balaban J connectivity index is 0.000000334. The van der Waals surface area contributed by atoms with Crippen LogP contribution in [0.4, 0.5) is 0 Å². The van der Waals surface area contributed by atoms with E-state index in [9.17, 15) is 24.3 Å². The Bertz CT molecular complexity index is 2760. The van der Waals surface area contributed by atoms with Gasteiger partial charge in [0, 0.05) is 90.4 Å². The van der Waals surface area contributed by atoms with Gasteiger partial charge in [0.2, 0.25) is 0 Å². The number of amides is 2. The second-order valence-electron chi connectivity index (χ2n) is 23.9. The van der Waals surface area contributed by atoms with Gasteiger partial charge in [-0.25, -0.2) is 9.59 Å². The zero-order chi connectivity index (χ0) is 66.0. The minimum atomic E-state index is -2.10. The molecule has 91 heavy (non-hydrogen) atoms. The second-order valence-corrected chi connectivity index (χ2v) is 28.7. The fraction of sp³-hybridized carbons (Fsp3) is 0.618. The molecule has 4 heterocycles. The number of allylic oxidation sites excluding steroid dienone is 2. The number of benzene rings is 2. The van der Waals surface area contributed by atoms with Gasteiger partial charge in [-0.2, -0.15) is 0 Å². The van der Waals surface area contributed by atoms with Crippen LogP contribution in [0.1, 0.15) is 158 Å². The third-order valence-corrected chi connectivity index (χ3v) is 20.0. The summed E-state index contributed by atoms with van der Waals surface area (Å²) in [6.07, 6.45) is 21.4. The van der Waals surface area contributed by atoms with Gasteiger partial charge >= 0.3 is 11.9 Å². The first kappa shape index (κ1) is 75.1. The third kappa shape index (κ3) is 26.9. The van der Waals surface area contributed by atoms with Crippen LogP contribution in [0.5, 0.6) is 23.0 Å². The highest BCUT2D eigenvalue weighted by Gasteiger charge is 2.39. The number of esters is 2. The van der Waals surface area contributed by atoms with Gasteiger partial charge in [0.1, 0.15) is 46.3 Å². The summed E-state index contributed by atoms with van der Waals surface area (Å²) >= 11 is 0. The number of cyclic esters (lactones) is 2. The summed E-state index contributed by atoms with van der Waals surface area (Å²) < 4.78 is 63.6. The van der Waals surface area contributed by atoms with E-state index in [0.29, 0.717) is 99.2 Å². The first-order valence-electron chi connectivity index (χ1n) is 32.3. The molecule has 0 aromatic heterocycles. The summed E-state index contributed by atoms with van der Waals surface area (Å²) in [6.45, 7) is 26.4. The summed E-state index contributed by atoms with van der Waals surface area (Å²) in [5.41, 5.74) is 2.43. The Morgan fingerprint density at radius 3 is 1.40 bits per heavy atom. The van der Waals surface area contributed by atoms with E-state index in [1.54, 1.807) is 60.4 Å². The summed E-state index contributed by atoms with van der Waals surface area (Å²) in [5.74, 6) is -0.0181. The van der Waals surface area contributed by atoms with Gasteiger partial charge in [-0.3, -0.25) is 9.59 Å². The Labute approximate surface area is 540 Å². The van der Waals surface area contributed by atoms with Gasteiger partial charge < -0.3 is 76.4 Å². The number of nitrogens with zero attached hydrogens (tertiary/aromatic N) is 4. The van der Waals surface area contributed by atoms with Crippen LogP contribution in [0.15, 0.2) is 83.2 Å². The quantitative estimate of drug-likeness (QED) is 0.0257. The maximum atomic E-state index is 13.9. The van der Waals surface area contributed by atoms with E-state index in [4.69, 9.17) is 61.5 Å². The lowest BCUT2D eigenvalue weighted by Gasteiger charge is -2.38. The minimum Gasteiger partial charge on any atom is -0.467 e. The Morgan fingerprint density at radius 2 is 0.978 bits per heavy atom. The Morgan fingerprint density at radius 1 is 0.571 bits per heavy atom. The lowest BCUT2D eigenvalue weighted by molar-refractivity contribution is -0.137. The largest absolute Gasteiger partial charge is 0.467 e. The molecule has 506 valence electrons. The molecule has 22 nitrogen and oxygen atoms in total. The van der Waals surface area contributed by atoms with Gasteiger partial charge in [-0.05, 0) is 146 Å². The van der Waals surface area contributed by atoms with Crippen molar-refractivity contribution in [2.45, 2.75) is 182 Å². The van der Waals surface area contributed by atoms with Crippen molar-refractivity contribution in [2.24, 2.45) is 10.3 Å². The van der Waals surface area contributed by atoms with Crippen LogP contribution in [0.3, 0.4) is 0 Å². The number of aliphatic hydroxyl groups is 1. The number of hydrogen-bond acceptors (Lipinski definition) is 20. The minimum absolute atomic E-state index is 0.00840. The van der Waals surface area contributed by atoms with Gasteiger partial charge in [0.05, 0.1) is 23.6 Å². The van der Waals surface area contributed by atoms with E-state index < -0.39 is 38.6 Å². The van der Waals surface area contributed by atoms with Crippen LogP contribution in [-0.2, 0) is 65.0 Å². The van der Waals surface area contributed by atoms with Crippen LogP contribution in [0, 0.1) is 0 Å². The standard InChI is InChI=1S/C37H58N2O9Si.C31H44N2O9/c1-9-42-26-44-32-23-29-22-30(38-46-25-34(40)39-20-12-11-13-21-39)17-15-19-31(48-49(7,8)37(4,5)6)18-14-16-28(3)47-36(41)35(29)33(24-32)45-27-43-10-2;1-4-37-21-39-27-18-24-17-25(32-41-20-29(35)33-15-7-6-8-16-33)12-10-14-26(34)13-9-11-23(3)42-31(36)30(24)28(19-27)40-22-38-5-2/h14-15,17-18,23-24,28,31H,9-13,16,19-22,25-27H2,1-8H3;9-10,12-13,18-19,23,26,34H,4-8,11,14-17,20-22H2,1-3H3/b17-15+,18-14+,38-30?;12-10+,13-9+,32-25?/t28-,31-;23-,26-/m11/s1. The second kappa shape index (κ2) is 40.4. The molecular formula is C68H102N4O18Si. The van der Waals surface area contributed by atoms with Gasteiger partial charge in [0.25, 0.3) is 11.8 Å². The SMILES string of the molecule is CCOCOc1cc2c(c(OCOCC)c1)C(=O)O[C@H](C)C/C=C/[C@@H](O)C/C=C/C(=NOCC(=O)N1CCCCC1)C2.CCOCOc1cc2c(c(OCOCC)c1)C(=O)O[C@H](C)C/C=C/[C@@H](O[Si](C)(C)C(C)(C)C)C/C=C/C(=NOCC(=O)N1CCCCC1)C2. The van der Waals surface area contributed by atoms with Gasteiger partial charge in [-0.15, -0.1) is 0 Å². The fourth-order valence-electron chi connectivity index (χ4n) is 9.54. The molecule has 2 aromatic carbocycles. The number of oxime groups is 2.